The molecule has 2 atom stereocenters. The molecule has 1 heteroatoms. The molecule has 0 bridgehead atoms. The molecule has 0 saturated heterocycles. The van der Waals surface area contributed by atoms with Gasteiger partial charge in [0, 0.05) is 0 Å². The Balaban J connectivity index is 2.89. The van der Waals surface area contributed by atoms with E-state index in [0.717, 1.165) is 14.2 Å². The summed E-state index contributed by atoms with van der Waals surface area (Å²) in [5, 5.41) is 0. The summed E-state index contributed by atoms with van der Waals surface area (Å²) in [5.41, 5.74) is 0.983. The average Bonchev–Trinajstić information content (AvgIpc) is 2.04. The van der Waals surface area contributed by atoms with Crippen LogP contribution in [0, 0.1) is 0 Å². The van der Waals surface area contributed by atoms with Crippen LogP contribution < -0.4 is 0 Å². The molecule has 0 aromatic rings. The van der Waals surface area contributed by atoms with E-state index in [9.17, 15) is 0 Å². The van der Waals surface area contributed by atoms with Gasteiger partial charge < -0.3 is 0 Å². The van der Waals surface area contributed by atoms with Crippen molar-refractivity contribution in [2.24, 2.45) is 0 Å². The van der Waals surface area contributed by atoms with Crippen molar-refractivity contribution in [1.29, 1.82) is 0 Å². The second kappa shape index (κ2) is 8.53. The summed E-state index contributed by atoms with van der Waals surface area (Å²) in [6.07, 6.45) is 8.63. The molecule has 0 aromatic carbocycles. The second-order valence-electron chi connectivity index (χ2n) is 3.39. The van der Waals surface area contributed by atoms with Gasteiger partial charge in [0.05, 0.1) is 0 Å². The van der Waals surface area contributed by atoms with Crippen molar-refractivity contribution >= 4 is 8.58 Å². The molecule has 0 nitrogen and oxygen atoms in total. The van der Waals surface area contributed by atoms with Gasteiger partial charge in [-0.1, -0.05) is 46.0 Å². The van der Waals surface area contributed by atoms with Gasteiger partial charge in [-0.25, -0.2) is 0 Å². The van der Waals surface area contributed by atoms with Crippen LogP contribution in [0.2, 0.25) is 0 Å². The Hall–Kier alpha value is 0.430. The van der Waals surface area contributed by atoms with Crippen LogP contribution >= 0.6 is 8.58 Å². The first kappa shape index (κ1) is 11.4. The van der Waals surface area contributed by atoms with Crippen LogP contribution in [0.15, 0.2) is 0 Å². The van der Waals surface area contributed by atoms with Gasteiger partial charge in [-0.05, 0) is 18.7 Å². The maximum absolute atomic E-state index is 2.37. The van der Waals surface area contributed by atoms with Crippen LogP contribution in [0.4, 0.5) is 0 Å². The largest absolute Gasteiger partial charge is 0.122 e. The van der Waals surface area contributed by atoms with E-state index in [-0.39, 0.29) is 0 Å². The van der Waals surface area contributed by atoms with Crippen molar-refractivity contribution in [2.75, 3.05) is 6.66 Å². The van der Waals surface area contributed by atoms with E-state index in [1.165, 1.54) is 38.5 Å². The molecular formula is C10H23P. The smallest absolute Gasteiger partial charge is 0.0268 e. The first-order chi connectivity index (χ1) is 5.31. The van der Waals surface area contributed by atoms with E-state index in [1.807, 2.05) is 0 Å². The minimum Gasteiger partial charge on any atom is -0.122 e. The molecule has 11 heavy (non-hydrogen) atoms. The summed E-state index contributed by atoms with van der Waals surface area (Å²) in [5.74, 6) is 0. The molecule has 0 saturated carbocycles. The first-order valence-corrected chi connectivity index (χ1v) is 6.56. The Morgan fingerprint density at radius 2 is 1.73 bits per heavy atom. The summed E-state index contributed by atoms with van der Waals surface area (Å²) in [7, 11) is 1.14. The molecular weight excluding hydrogens is 151 g/mol. The maximum atomic E-state index is 2.37. The third-order valence-corrected chi connectivity index (χ3v) is 3.51. The minimum atomic E-state index is 0.983. The van der Waals surface area contributed by atoms with Crippen molar-refractivity contribution in [3.8, 4) is 0 Å². The highest BCUT2D eigenvalue weighted by Gasteiger charge is 1.96. The van der Waals surface area contributed by atoms with E-state index < -0.39 is 0 Å². The Kier molecular flexibility index (Phi) is 8.86. The Morgan fingerprint density at radius 1 is 1.09 bits per heavy atom. The highest BCUT2D eigenvalue weighted by Crippen LogP contribution is 2.19. The molecule has 0 radical (unpaired) electrons. The summed E-state index contributed by atoms with van der Waals surface area (Å²) >= 11 is 0. The zero-order chi connectivity index (χ0) is 8.53. The molecule has 0 heterocycles. The third kappa shape index (κ3) is 8.34. The van der Waals surface area contributed by atoms with Gasteiger partial charge in [0.2, 0.25) is 0 Å². The fraction of sp³-hybridized carbons (Fsp3) is 1.00. The third-order valence-electron chi connectivity index (χ3n) is 2.23. The minimum absolute atomic E-state index is 0.983. The van der Waals surface area contributed by atoms with Crippen molar-refractivity contribution < 1.29 is 0 Å². The van der Waals surface area contributed by atoms with Crippen molar-refractivity contribution in [1.82, 2.24) is 0 Å². The van der Waals surface area contributed by atoms with Crippen LogP contribution in [-0.2, 0) is 0 Å². The van der Waals surface area contributed by atoms with E-state index in [0.29, 0.717) is 0 Å². The topological polar surface area (TPSA) is 0 Å². The van der Waals surface area contributed by atoms with Crippen LogP contribution in [0.25, 0.3) is 0 Å². The number of hydrogen-bond donors (Lipinski definition) is 0. The predicted octanol–water partition coefficient (Wildman–Crippen LogP) is 4.04. The molecule has 0 aliphatic rings. The van der Waals surface area contributed by atoms with Gasteiger partial charge in [-0.15, -0.1) is 8.58 Å². The normalized spacial score (nSPS) is 14.5. The van der Waals surface area contributed by atoms with Gasteiger partial charge in [0.15, 0.2) is 0 Å². The monoisotopic (exact) mass is 174 g/mol. The van der Waals surface area contributed by atoms with Crippen LogP contribution in [-0.4, -0.2) is 12.3 Å². The number of unbranched alkanes of at least 4 members (excludes halogenated alkanes) is 4. The SMILES string of the molecule is CCCCCCCC(C)PC. The molecule has 0 fully saturated rings. The van der Waals surface area contributed by atoms with E-state index in [4.69, 9.17) is 0 Å². The Labute approximate surface area is 73.9 Å². The summed E-state index contributed by atoms with van der Waals surface area (Å²) in [6.45, 7) is 6.96. The zero-order valence-corrected chi connectivity index (χ0v) is 9.32. The molecule has 0 spiro atoms. The van der Waals surface area contributed by atoms with Crippen LogP contribution in [0.3, 0.4) is 0 Å². The molecule has 0 rings (SSSR count). The first-order valence-electron chi connectivity index (χ1n) is 4.98. The molecule has 0 N–H and O–H groups in total. The number of rotatable bonds is 7. The second-order valence-corrected chi connectivity index (χ2v) is 4.96. The van der Waals surface area contributed by atoms with Gasteiger partial charge in [-0.2, -0.15) is 0 Å². The summed E-state index contributed by atoms with van der Waals surface area (Å²) < 4.78 is 0. The van der Waals surface area contributed by atoms with Gasteiger partial charge in [0.25, 0.3) is 0 Å². The maximum Gasteiger partial charge on any atom is -0.0268 e. The highest BCUT2D eigenvalue weighted by atomic mass is 31.1. The lowest BCUT2D eigenvalue weighted by Crippen LogP contribution is -1.92. The predicted molar refractivity (Wildman–Crippen MR) is 57.1 cm³/mol. The lowest BCUT2D eigenvalue weighted by atomic mass is 10.1. The van der Waals surface area contributed by atoms with E-state index >= 15 is 0 Å². The zero-order valence-electron chi connectivity index (χ0n) is 8.32. The van der Waals surface area contributed by atoms with Gasteiger partial charge in [-0.3, -0.25) is 0 Å². The van der Waals surface area contributed by atoms with Crippen LogP contribution in [0.1, 0.15) is 52.4 Å². The van der Waals surface area contributed by atoms with Gasteiger partial charge in [0.1, 0.15) is 0 Å². The van der Waals surface area contributed by atoms with Crippen molar-refractivity contribution in [3.63, 3.8) is 0 Å². The molecule has 0 aromatic heterocycles. The number of hydrogen-bond acceptors (Lipinski definition) is 0. The Bertz CT molecular complexity index is 71.3. The average molecular weight is 174 g/mol. The highest BCUT2D eigenvalue weighted by molar-refractivity contribution is 7.37. The van der Waals surface area contributed by atoms with Crippen molar-refractivity contribution in [2.45, 2.75) is 58.0 Å². The fourth-order valence-electron chi connectivity index (χ4n) is 1.20. The molecule has 0 aliphatic carbocycles. The lowest BCUT2D eigenvalue weighted by molar-refractivity contribution is 0.606. The lowest BCUT2D eigenvalue weighted by Gasteiger charge is -2.06. The summed E-state index contributed by atoms with van der Waals surface area (Å²) in [4.78, 5) is 0. The fourth-order valence-corrected chi connectivity index (χ4v) is 1.69. The summed E-state index contributed by atoms with van der Waals surface area (Å²) in [6, 6.07) is 0. The standard InChI is InChI=1S/C10H23P/c1-4-5-6-7-8-9-10(2)11-3/h10-11H,4-9H2,1-3H3. The van der Waals surface area contributed by atoms with E-state index in [1.54, 1.807) is 0 Å². The molecule has 68 valence electrons. The molecule has 0 amide bonds. The van der Waals surface area contributed by atoms with Crippen LogP contribution in [0.5, 0.6) is 0 Å². The van der Waals surface area contributed by atoms with Crippen molar-refractivity contribution in [3.05, 3.63) is 0 Å². The molecule has 0 aliphatic heterocycles. The quantitative estimate of drug-likeness (QED) is 0.403. The van der Waals surface area contributed by atoms with E-state index in [2.05, 4.69) is 20.5 Å². The molecule has 2 unspecified atom stereocenters. The van der Waals surface area contributed by atoms with Gasteiger partial charge >= 0.3 is 0 Å². The Morgan fingerprint density at radius 3 is 2.27 bits per heavy atom.